The summed E-state index contributed by atoms with van der Waals surface area (Å²) in [5, 5.41) is 6.53. The van der Waals surface area contributed by atoms with Crippen molar-refractivity contribution in [3.8, 4) is 11.6 Å². The van der Waals surface area contributed by atoms with Crippen molar-refractivity contribution >= 4 is 39.8 Å². The second-order valence-electron chi connectivity index (χ2n) is 13.6. The predicted octanol–water partition coefficient (Wildman–Crippen LogP) is 5.50. The number of aromatic nitrogens is 3. The summed E-state index contributed by atoms with van der Waals surface area (Å²) in [6.45, 7) is 3.42. The average Bonchev–Trinajstić information content (AvgIpc) is 3.50. The van der Waals surface area contributed by atoms with E-state index in [0.717, 1.165) is 37.7 Å². The van der Waals surface area contributed by atoms with Crippen LogP contribution in [0.4, 0.5) is 5.82 Å². The average molecular weight is 754 g/mol. The van der Waals surface area contributed by atoms with E-state index in [4.69, 9.17) is 35.5 Å². The summed E-state index contributed by atoms with van der Waals surface area (Å²) in [4.78, 5) is 34.5. The number of rotatable bonds is 5. The minimum absolute atomic E-state index is 0.00812. The Morgan fingerprint density at radius 2 is 1.85 bits per heavy atom. The number of nitrogens with zero attached hydrogens (tertiary/aromatic N) is 5. The Hall–Kier alpha value is -3.98. The van der Waals surface area contributed by atoms with E-state index < -0.39 is 39.8 Å². The normalized spacial score (nSPS) is 26.3. The van der Waals surface area contributed by atoms with Crippen LogP contribution in [0.15, 0.2) is 53.0 Å². The smallest absolute Gasteiger partial charge is 0.272 e. The molecule has 2 aliphatic heterocycles. The Morgan fingerprint density at radius 3 is 2.58 bits per heavy atom. The molecule has 1 unspecified atom stereocenters. The van der Waals surface area contributed by atoms with Gasteiger partial charge in [0, 0.05) is 45.6 Å². The van der Waals surface area contributed by atoms with Crippen LogP contribution >= 0.6 is 11.6 Å². The molecule has 3 aromatic rings. The van der Waals surface area contributed by atoms with Crippen molar-refractivity contribution < 1.29 is 32.7 Å². The van der Waals surface area contributed by atoms with E-state index >= 15 is 0 Å². The molecule has 52 heavy (non-hydrogen) atoms. The molecule has 1 saturated carbocycles. The van der Waals surface area contributed by atoms with E-state index in [1.807, 2.05) is 24.3 Å². The minimum atomic E-state index is -2.27. The second-order valence-corrected chi connectivity index (χ2v) is 15.2. The van der Waals surface area contributed by atoms with Gasteiger partial charge in [0.25, 0.3) is 11.8 Å². The highest BCUT2D eigenvalue weighted by atomic mass is 35.5. The zero-order chi connectivity index (χ0) is 36.9. The maximum atomic E-state index is 14.1. The lowest BCUT2D eigenvalue weighted by Crippen LogP contribution is -2.45. The van der Waals surface area contributed by atoms with Crippen LogP contribution in [0.2, 0.25) is 5.02 Å². The highest BCUT2D eigenvalue weighted by Crippen LogP contribution is 2.41. The molecular formula is C37H46ClN6O7S-. The highest BCUT2D eigenvalue weighted by molar-refractivity contribution is 7.75. The van der Waals surface area contributed by atoms with Gasteiger partial charge < -0.3 is 37.7 Å². The quantitative estimate of drug-likeness (QED) is 0.262. The largest absolute Gasteiger partial charge is 0.490 e. The first-order valence-electron chi connectivity index (χ1n) is 17.5. The van der Waals surface area contributed by atoms with Crippen molar-refractivity contribution in [1.29, 1.82) is 0 Å². The Kier molecular flexibility index (Phi) is 12.2. The molecule has 2 amide bonds. The fourth-order valence-corrected chi connectivity index (χ4v) is 8.53. The van der Waals surface area contributed by atoms with E-state index in [2.05, 4.69) is 25.7 Å². The highest BCUT2D eigenvalue weighted by Gasteiger charge is 2.38. The van der Waals surface area contributed by atoms with Gasteiger partial charge in [0.2, 0.25) is 5.88 Å². The molecule has 2 aromatic heterocycles. The van der Waals surface area contributed by atoms with Crippen LogP contribution in [0.25, 0.3) is 0 Å². The number of methoxy groups -OCH3 is 3. The molecule has 15 heteroatoms. The number of hydrogen-bond acceptors (Lipinski definition) is 11. The Labute approximate surface area is 311 Å². The summed E-state index contributed by atoms with van der Waals surface area (Å²) in [5.41, 5.74) is 2.44. The SMILES string of the molecule is COc1nn(C)cc1C(=O)NC1[C@@H](C)[C@H](OC)/C=C/[C@H](OC)[C@@H]2CC[C@H]2CN2Cc3ccc(Cl)cc3CCCCOc3ccc(nc32)C(=O)N=[S-]1=O. The van der Waals surface area contributed by atoms with Gasteiger partial charge in [-0.15, -0.1) is 5.10 Å². The standard InChI is InChI=1S/C37H46ClN6O7S/c1-22-30(48-3)15-16-31(49-4)27-12-10-25(27)20-44-19-24-9-11-26(38)18-23(24)8-6-7-17-51-32-14-13-29(39-33(32)44)35(46)42-52(47)37(22)40-34(45)28-21-43(2)41-36(28)50-5/h9,11,13-16,18,21-22,25,27,30-31,37H,6-8,10,12,17,19-20H2,1-5H3,(H,40,45)/q-1/b16-15+/t22-,25-,27+,30+,31-,37?/m0/s1. The zero-order valence-electron chi connectivity index (χ0n) is 30.1. The third-order valence-corrected chi connectivity index (χ3v) is 11.8. The third-order valence-electron chi connectivity index (χ3n) is 10.3. The number of amides is 2. The number of fused-ring (bicyclic) bond motifs is 3. The summed E-state index contributed by atoms with van der Waals surface area (Å²) < 4.78 is 43.2. The fourth-order valence-electron chi connectivity index (χ4n) is 7.23. The molecule has 0 saturated heterocycles. The number of carbonyl (C=O) groups excluding carboxylic acids is 2. The number of halogens is 1. The van der Waals surface area contributed by atoms with E-state index in [0.29, 0.717) is 36.3 Å². The molecule has 6 rings (SSSR count). The number of carbonyl (C=O) groups is 2. The first-order valence-corrected chi connectivity index (χ1v) is 19.1. The van der Waals surface area contributed by atoms with Gasteiger partial charge in [-0.2, -0.15) is 10.6 Å². The van der Waals surface area contributed by atoms with E-state index in [-0.39, 0.29) is 35.1 Å². The summed E-state index contributed by atoms with van der Waals surface area (Å²) in [6, 6.07) is 9.27. The molecule has 0 radical (unpaired) electrons. The Balaban J connectivity index is 1.45. The Bertz CT molecular complexity index is 1900. The molecule has 4 heterocycles. The number of nitrogens with one attached hydrogen (secondary N) is 1. The summed E-state index contributed by atoms with van der Waals surface area (Å²) in [7, 11) is 4.04. The number of ether oxygens (including phenoxy) is 4. The van der Waals surface area contributed by atoms with Crippen LogP contribution in [-0.4, -0.2) is 78.6 Å². The maximum absolute atomic E-state index is 14.1. The van der Waals surface area contributed by atoms with Gasteiger partial charge in [-0.1, -0.05) is 36.7 Å². The zero-order valence-corrected chi connectivity index (χ0v) is 31.7. The van der Waals surface area contributed by atoms with Gasteiger partial charge in [0.1, 0.15) is 11.3 Å². The van der Waals surface area contributed by atoms with Crippen LogP contribution in [0.3, 0.4) is 0 Å². The summed E-state index contributed by atoms with van der Waals surface area (Å²) in [6.07, 6.45) is 9.08. The van der Waals surface area contributed by atoms with Crippen molar-refractivity contribution in [2.24, 2.45) is 29.2 Å². The summed E-state index contributed by atoms with van der Waals surface area (Å²) in [5.74, 6) is -0.372. The number of aryl methyl sites for hydroxylation is 2. The van der Waals surface area contributed by atoms with E-state index in [9.17, 15) is 13.8 Å². The molecule has 3 aliphatic rings. The lowest BCUT2D eigenvalue weighted by atomic mass is 9.70. The van der Waals surface area contributed by atoms with Gasteiger partial charge in [0.15, 0.2) is 11.6 Å². The molecule has 2 bridgehead atoms. The van der Waals surface area contributed by atoms with Crippen molar-refractivity contribution in [1.82, 2.24) is 20.1 Å². The van der Waals surface area contributed by atoms with Crippen LogP contribution in [0.5, 0.6) is 11.6 Å². The number of anilines is 1. The third kappa shape index (κ3) is 8.30. The van der Waals surface area contributed by atoms with E-state index in [1.165, 1.54) is 23.6 Å². The monoisotopic (exact) mass is 753 g/mol. The van der Waals surface area contributed by atoms with Crippen molar-refractivity contribution in [3.05, 3.63) is 76.1 Å². The van der Waals surface area contributed by atoms with Gasteiger partial charge in [-0.25, -0.2) is 4.98 Å². The lowest BCUT2D eigenvalue weighted by molar-refractivity contribution is 0.0119. The Morgan fingerprint density at radius 1 is 1.06 bits per heavy atom. The molecule has 6 atom stereocenters. The molecular weight excluding hydrogens is 708 g/mol. The first kappa shape index (κ1) is 37.8. The van der Waals surface area contributed by atoms with Crippen molar-refractivity contribution in [2.45, 2.75) is 63.2 Å². The second kappa shape index (κ2) is 16.8. The van der Waals surface area contributed by atoms with Crippen LogP contribution < -0.4 is 19.7 Å². The predicted molar refractivity (Wildman–Crippen MR) is 197 cm³/mol. The molecule has 1 fully saturated rings. The number of benzene rings is 1. The fraction of sp³-hybridized carbons (Fsp3) is 0.514. The maximum Gasteiger partial charge on any atom is 0.272 e. The van der Waals surface area contributed by atoms with Gasteiger partial charge in [-0.05, 0) is 90.6 Å². The molecule has 0 spiro atoms. The lowest BCUT2D eigenvalue weighted by Gasteiger charge is -2.43. The first-order chi connectivity index (χ1) is 25.1. The number of hydrogen-bond donors (Lipinski definition) is 1. The van der Waals surface area contributed by atoms with Crippen LogP contribution in [0, 0.1) is 17.8 Å². The molecule has 1 aliphatic carbocycles. The molecule has 280 valence electrons. The molecule has 1 aromatic carbocycles. The van der Waals surface area contributed by atoms with Gasteiger partial charge in [0.05, 0.1) is 25.9 Å². The summed E-state index contributed by atoms with van der Waals surface area (Å²) >= 11 is 6.45. The van der Waals surface area contributed by atoms with E-state index in [1.54, 1.807) is 40.3 Å². The van der Waals surface area contributed by atoms with Crippen LogP contribution in [0.1, 0.15) is 64.6 Å². The van der Waals surface area contributed by atoms with Crippen molar-refractivity contribution in [3.63, 3.8) is 0 Å². The minimum Gasteiger partial charge on any atom is -0.490 e. The molecule has 1 N–H and O–H groups in total. The van der Waals surface area contributed by atoms with Crippen molar-refractivity contribution in [2.75, 3.05) is 39.4 Å². The van der Waals surface area contributed by atoms with Gasteiger partial charge >= 0.3 is 0 Å². The number of pyridine rings is 1. The molecule has 13 nitrogen and oxygen atoms in total. The van der Waals surface area contributed by atoms with Crippen LogP contribution in [-0.2, 0) is 44.3 Å². The topological polar surface area (TPSA) is 146 Å². The van der Waals surface area contributed by atoms with Gasteiger partial charge in [-0.3, -0.25) is 14.3 Å².